The predicted molar refractivity (Wildman–Crippen MR) is 75.9 cm³/mol. The molecule has 112 valence electrons. The molecular weight excluding hydrogens is 278 g/mol. The number of aromatic nitrogens is 2. The van der Waals surface area contributed by atoms with Gasteiger partial charge in [0.2, 0.25) is 5.91 Å². The van der Waals surface area contributed by atoms with E-state index in [0.717, 1.165) is 12.8 Å². The van der Waals surface area contributed by atoms with Crippen LogP contribution in [0.15, 0.2) is 18.5 Å². The number of hydrogen-bond donors (Lipinski definition) is 0. The fourth-order valence-corrected chi connectivity index (χ4v) is 3.24. The van der Waals surface area contributed by atoms with E-state index in [-0.39, 0.29) is 17.7 Å². The lowest BCUT2D eigenvalue weighted by atomic mass is 10.2. The average Bonchev–Trinajstić information content (AvgIpc) is 3.00. The molecule has 0 spiro atoms. The van der Waals surface area contributed by atoms with Gasteiger partial charge in [0.05, 0.1) is 17.8 Å². The Hall–Kier alpha value is -1.37. The van der Waals surface area contributed by atoms with Crippen LogP contribution in [0.2, 0.25) is 0 Å². The van der Waals surface area contributed by atoms with Crippen LogP contribution in [0.25, 0.3) is 0 Å². The summed E-state index contributed by atoms with van der Waals surface area (Å²) in [7, 11) is -3.33. The molecule has 6 nitrogen and oxygen atoms in total. The summed E-state index contributed by atoms with van der Waals surface area (Å²) < 4.78 is 25.5. The van der Waals surface area contributed by atoms with E-state index in [2.05, 4.69) is 5.10 Å². The minimum Gasteiger partial charge on any atom is -0.337 e. The van der Waals surface area contributed by atoms with E-state index in [1.165, 1.54) is 0 Å². The zero-order chi connectivity index (χ0) is 14.8. The molecule has 1 fully saturated rings. The molecule has 0 bridgehead atoms. The second-order valence-corrected chi connectivity index (χ2v) is 8.02. The molecule has 1 amide bonds. The van der Waals surface area contributed by atoms with Gasteiger partial charge in [-0.25, -0.2) is 8.42 Å². The Labute approximate surface area is 119 Å². The number of likely N-dealkylation sites (tertiary alicyclic amines) is 1. The third kappa shape index (κ3) is 3.39. The third-order valence-electron chi connectivity index (χ3n) is 3.70. The quantitative estimate of drug-likeness (QED) is 0.802. The summed E-state index contributed by atoms with van der Waals surface area (Å²) >= 11 is 0. The van der Waals surface area contributed by atoms with Crippen LogP contribution >= 0.6 is 0 Å². The van der Waals surface area contributed by atoms with Crippen LogP contribution in [-0.4, -0.2) is 52.6 Å². The largest absolute Gasteiger partial charge is 0.337 e. The zero-order valence-corrected chi connectivity index (χ0v) is 12.7. The Kier molecular flexibility index (Phi) is 4.47. The lowest BCUT2D eigenvalue weighted by molar-refractivity contribution is -0.129. The number of carbonyl (C=O) groups is 1. The van der Waals surface area contributed by atoms with Gasteiger partial charge in [0.25, 0.3) is 0 Å². The first-order valence-corrected chi connectivity index (χ1v) is 8.60. The molecule has 20 heavy (non-hydrogen) atoms. The number of carbonyl (C=O) groups excluding carboxylic acids is 1. The Morgan fingerprint density at radius 1 is 1.45 bits per heavy atom. The zero-order valence-electron chi connectivity index (χ0n) is 11.9. The Morgan fingerprint density at radius 2 is 2.20 bits per heavy atom. The summed E-state index contributed by atoms with van der Waals surface area (Å²) in [5, 5.41) is 3.62. The van der Waals surface area contributed by atoms with Crippen LogP contribution in [0.5, 0.6) is 0 Å². The minimum atomic E-state index is -3.33. The van der Waals surface area contributed by atoms with Crippen LogP contribution in [0.4, 0.5) is 0 Å². The number of rotatable bonds is 5. The Morgan fingerprint density at radius 3 is 2.80 bits per heavy atom. The highest BCUT2D eigenvalue weighted by molar-refractivity contribution is 7.92. The van der Waals surface area contributed by atoms with E-state index in [1.54, 1.807) is 29.6 Å². The number of nitrogens with zero attached hydrogens (tertiary/aromatic N) is 3. The highest BCUT2D eigenvalue weighted by Gasteiger charge is 2.32. The van der Waals surface area contributed by atoms with Gasteiger partial charge >= 0.3 is 0 Å². The standard InChI is InChI=1S/C13H21N3O3S/c1-11(2)20(18,19)10-13(17)16-8-3-5-12(16)9-15-7-4-6-14-15/h4,6-7,11-12H,3,5,8-10H2,1-2H3. The summed E-state index contributed by atoms with van der Waals surface area (Å²) in [6.45, 7) is 4.47. The molecule has 2 heterocycles. The van der Waals surface area contributed by atoms with E-state index in [1.807, 2.05) is 12.3 Å². The fourth-order valence-electron chi connectivity index (χ4n) is 2.40. The van der Waals surface area contributed by atoms with Gasteiger partial charge < -0.3 is 4.90 Å². The summed E-state index contributed by atoms with van der Waals surface area (Å²) in [5.41, 5.74) is 0. The van der Waals surface area contributed by atoms with Crippen molar-refractivity contribution in [1.82, 2.24) is 14.7 Å². The van der Waals surface area contributed by atoms with Crippen molar-refractivity contribution in [2.45, 2.75) is 44.5 Å². The maximum Gasteiger partial charge on any atom is 0.238 e. The van der Waals surface area contributed by atoms with Crippen LogP contribution in [0.1, 0.15) is 26.7 Å². The van der Waals surface area contributed by atoms with Crippen LogP contribution in [-0.2, 0) is 21.2 Å². The van der Waals surface area contributed by atoms with Crippen molar-refractivity contribution in [2.75, 3.05) is 12.3 Å². The maximum atomic E-state index is 12.2. The fraction of sp³-hybridized carbons (Fsp3) is 0.692. The lowest BCUT2D eigenvalue weighted by Crippen LogP contribution is -2.42. The predicted octanol–water partition coefficient (Wildman–Crippen LogP) is 0.697. The summed E-state index contributed by atoms with van der Waals surface area (Å²) in [6.07, 6.45) is 5.36. The molecule has 0 aromatic carbocycles. The normalized spacial score (nSPS) is 19.8. The summed E-state index contributed by atoms with van der Waals surface area (Å²) in [6, 6.07) is 1.88. The van der Waals surface area contributed by atoms with E-state index < -0.39 is 15.1 Å². The minimum absolute atomic E-state index is 0.0461. The van der Waals surface area contributed by atoms with Crippen molar-refractivity contribution >= 4 is 15.7 Å². The molecule has 1 aromatic heterocycles. The van der Waals surface area contributed by atoms with Gasteiger partial charge in [-0.3, -0.25) is 9.48 Å². The smallest absolute Gasteiger partial charge is 0.238 e. The number of sulfone groups is 1. The highest BCUT2D eigenvalue weighted by atomic mass is 32.2. The third-order valence-corrected chi connectivity index (χ3v) is 5.78. The molecule has 1 unspecified atom stereocenters. The van der Waals surface area contributed by atoms with Crippen LogP contribution < -0.4 is 0 Å². The first-order valence-electron chi connectivity index (χ1n) is 6.88. The SMILES string of the molecule is CC(C)S(=O)(=O)CC(=O)N1CCCC1Cn1cccn1. The van der Waals surface area contributed by atoms with Gasteiger partial charge in [0.1, 0.15) is 5.75 Å². The van der Waals surface area contributed by atoms with E-state index in [9.17, 15) is 13.2 Å². The number of amides is 1. The van der Waals surface area contributed by atoms with E-state index >= 15 is 0 Å². The van der Waals surface area contributed by atoms with Crippen molar-refractivity contribution in [2.24, 2.45) is 0 Å². The van der Waals surface area contributed by atoms with Crippen molar-refractivity contribution in [3.8, 4) is 0 Å². The van der Waals surface area contributed by atoms with Gasteiger partial charge in [-0.15, -0.1) is 0 Å². The Balaban J connectivity index is 2.01. The molecule has 1 saturated heterocycles. The van der Waals surface area contributed by atoms with Crippen molar-refractivity contribution in [3.63, 3.8) is 0 Å². The molecule has 1 aromatic rings. The lowest BCUT2D eigenvalue weighted by Gasteiger charge is -2.25. The van der Waals surface area contributed by atoms with E-state index in [4.69, 9.17) is 0 Å². The van der Waals surface area contributed by atoms with Gasteiger partial charge in [0.15, 0.2) is 9.84 Å². The molecule has 0 aliphatic carbocycles. The molecule has 0 saturated carbocycles. The first kappa shape index (κ1) is 15.0. The first-order chi connectivity index (χ1) is 9.40. The second kappa shape index (κ2) is 5.95. The summed E-state index contributed by atoms with van der Waals surface area (Å²) in [4.78, 5) is 13.9. The molecule has 1 aliphatic heterocycles. The van der Waals surface area contributed by atoms with Crippen molar-refractivity contribution in [1.29, 1.82) is 0 Å². The van der Waals surface area contributed by atoms with Crippen LogP contribution in [0.3, 0.4) is 0 Å². The van der Waals surface area contributed by atoms with Crippen LogP contribution in [0, 0.1) is 0 Å². The molecule has 2 rings (SSSR count). The van der Waals surface area contributed by atoms with Gasteiger partial charge in [0, 0.05) is 18.9 Å². The molecule has 7 heteroatoms. The molecular formula is C13H21N3O3S. The maximum absolute atomic E-state index is 12.2. The van der Waals surface area contributed by atoms with Crippen molar-refractivity contribution < 1.29 is 13.2 Å². The molecule has 0 N–H and O–H groups in total. The monoisotopic (exact) mass is 299 g/mol. The molecule has 0 radical (unpaired) electrons. The van der Waals surface area contributed by atoms with E-state index in [0.29, 0.717) is 13.1 Å². The molecule has 1 aliphatic rings. The highest BCUT2D eigenvalue weighted by Crippen LogP contribution is 2.19. The second-order valence-electron chi connectivity index (χ2n) is 5.47. The molecule has 1 atom stereocenters. The Bertz CT molecular complexity index is 551. The van der Waals surface area contributed by atoms with Gasteiger partial charge in [-0.1, -0.05) is 0 Å². The average molecular weight is 299 g/mol. The topological polar surface area (TPSA) is 72.3 Å². The van der Waals surface area contributed by atoms with Gasteiger partial charge in [-0.2, -0.15) is 5.10 Å². The number of hydrogen-bond acceptors (Lipinski definition) is 4. The van der Waals surface area contributed by atoms with Crippen molar-refractivity contribution in [3.05, 3.63) is 18.5 Å². The summed E-state index contributed by atoms with van der Waals surface area (Å²) in [5.74, 6) is -0.673. The van der Waals surface area contributed by atoms with Gasteiger partial charge in [-0.05, 0) is 32.8 Å².